The zero-order valence-electron chi connectivity index (χ0n) is 20.1. The van der Waals surface area contributed by atoms with Gasteiger partial charge in [-0.3, -0.25) is 19.3 Å². The summed E-state index contributed by atoms with van der Waals surface area (Å²) in [6.07, 6.45) is 1.82. The standard InChI is InChI=1S/C30H26N2O5/c33-25(31-21-11-5-2-6-12-21)17-37-30(36)19-10-7-13-22(14-19)32-28(34)26-20-15-23(18-8-3-1-4-9-18)24(16-20)27(26)29(32)35/h1-14,20,23-24,26-27H,15-17H2,(H,31,33)/t20-,23+,24+,26+,27+/m0/s1. The first kappa shape index (κ1) is 23.2. The monoisotopic (exact) mass is 494 g/mol. The van der Waals surface area contributed by atoms with Crippen LogP contribution in [0.4, 0.5) is 11.4 Å². The third kappa shape index (κ3) is 4.10. The highest BCUT2D eigenvalue weighted by molar-refractivity contribution is 6.23. The zero-order chi connectivity index (χ0) is 25.5. The van der Waals surface area contributed by atoms with Crippen LogP contribution in [0.1, 0.15) is 34.7 Å². The maximum Gasteiger partial charge on any atom is 0.338 e. The van der Waals surface area contributed by atoms with Crippen molar-refractivity contribution in [2.75, 3.05) is 16.8 Å². The molecule has 5 atom stereocenters. The van der Waals surface area contributed by atoms with E-state index >= 15 is 0 Å². The summed E-state index contributed by atoms with van der Waals surface area (Å²) in [4.78, 5) is 53.0. The summed E-state index contributed by atoms with van der Waals surface area (Å²) in [5.74, 6) is -1.52. The lowest BCUT2D eigenvalue weighted by Crippen LogP contribution is -2.33. The topological polar surface area (TPSA) is 92.8 Å². The lowest BCUT2D eigenvalue weighted by atomic mass is 9.73. The maximum absolute atomic E-state index is 13.6. The van der Waals surface area contributed by atoms with Gasteiger partial charge in [-0.2, -0.15) is 0 Å². The minimum atomic E-state index is -0.700. The molecule has 37 heavy (non-hydrogen) atoms. The van der Waals surface area contributed by atoms with Crippen LogP contribution in [0.5, 0.6) is 0 Å². The Kier molecular flexibility index (Phi) is 5.83. The Morgan fingerprint density at radius 2 is 1.54 bits per heavy atom. The minimum absolute atomic E-state index is 0.148. The fourth-order valence-electron chi connectivity index (χ4n) is 6.50. The second-order valence-corrected chi connectivity index (χ2v) is 10.0. The van der Waals surface area contributed by atoms with Crippen molar-refractivity contribution in [3.8, 4) is 0 Å². The molecule has 3 aliphatic rings. The van der Waals surface area contributed by atoms with Gasteiger partial charge in [0.05, 0.1) is 23.1 Å². The van der Waals surface area contributed by atoms with E-state index in [1.807, 2.05) is 24.3 Å². The number of anilines is 2. The highest BCUT2D eigenvalue weighted by atomic mass is 16.5. The highest BCUT2D eigenvalue weighted by Gasteiger charge is 2.64. The molecule has 3 aromatic rings. The first-order valence-electron chi connectivity index (χ1n) is 12.6. The molecule has 7 nitrogen and oxygen atoms in total. The summed E-state index contributed by atoms with van der Waals surface area (Å²) in [5.41, 5.74) is 2.37. The quantitative estimate of drug-likeness (QED) is 0.405. The molecule has 7 heteroatoms. The SMILES string of the molecule is O=C(COC(=O)c1cccc(N2C(=O)[C@@H]3[C@@H]4C[C@@H]([C@H]3C2=O)[C@@H](c2ccccc2)C4)c1)Nc1ccccc1. The minimum Gasteiger partial charge on any atom is -0.452 e. The Morgan fingerprint density at radius 3 is 2.30 bits per heavy atom. The fraction of sp³-hybridized carbons (Fsp3) is 0.267. The van der Waals surface area contributed by atoms with Crippen LogP contribution in [-0.2, 0) is 19.1 Å². The van der Waals surface area contributed by atoms with E-state index in [1.165, 1.54) is 16.5 Å². The maximum atomic E-state index is 13.6. The van der Waals surface area contributed by atoms with Crippen LogP contribution in [0.25, 0.3) is 0 Å². The largest absolute Gasteiger partial charge is 0.452 e. The van der Waals surface area contributed by atoms with Gasteiger partial charge in [0.15, 0.2) is 6.61 Å². The van der Waals surface area contributed by atoms with Crippen molar-refractivity contribution in [2.45, 2.75) is 18.8 Å². The molecule has 0 aromatic heterocycles. The van der Waals surface area contributed by atoms with Gasteiger partial charge < -0.3 is 10.1 Å². The van der Waals surface area contributed by atoms with Crippen molar-refractivity contribution in [2.24, 2.45) is 23.7 Å². The third-order valence-electron chi connectivity index (χ3n) is 7.98. The number of carbonyl (C=O) groups excluding carboxylic acids is 4. The Bertz CT molecular complexity index is 1370. The van der Waals surface area contributed by atoms with Gasteiger partial charge in [-0.05, 0) is 66.5 Å². The predicted octanol–water partition coefficient (Wildman–Crippen LogP) is 4.41. The number of ether oxygens (including phenoxy) is 1. The van der Waals surface area contributed by atoms with Crippen molar-refractivity contribution in [1.82, 2.24) is 0 Å². The normalized spacial score (nSPS) is 25.7. The van der Waals surface area contributed by atoms with Crippen molar-refractivity contribution >= 4 is 35.1 Å². The number of para-hydroxylation sites is 1. The molecule has 1 heterocycles. The van der Waals surface area contributed by atoms with Gasteiger partial charge in [0.2, 0.25) is 11.8 Å². The molecule has 0 radical (unpaired) electrons. The van der Waals surface area contributed by atoms with Gasteiger partial charge in [-0.25, -0.2) is 4.79 Å². The summed E-state index contributed by atoms with van der Waals surface area (Å²) in [7, 11) is 0. The number of nitrogens with zero attached hydrogens (tertiary/aromatic N) is 1. The van der Waals surface area contributed by atoms with Crippen LogP contribution in [0.3, 0.4) is 0 Å². The average molecular weight is 495 g/mol. The number of rotatable bonds is 6. The average Bonchev–Trinajstić information content (AvgIpc) is 3.59. The summed E-state index contributed by atoms with van der Waals surface area (Å²) < 4.78 is 5.18. The number of hydrogen-bond acceptors (Lipinski definition) is 5. The highest BCUT2D eigenvalue weighted by Crippen LogP contribution is 2.61. The van der Waals surface area contributed by atoms with Crippen LogP contribution >= 0.6 is 0 Å². The number of benzene rings is 3. The van der Waals surface area contributed by atoms with E-state index in [0.29, 0.717) is 11.4 Å². The molecule has 2 saturated carbocycles. The van der Waals surface area contributed by atoms with Gasteiger partial charge >= 0.3 is 5.97 Å². The summed E-state index contributed by atoms with van der Waals surface area (Å²) in [5, 5.41) is 2.65. The Morgan fingerprint density at radius 1 is 0.838 bits per heavy atom. The second kappa shape index (κ2) is 9.32. The molecule has 0 spiro atoms. The van der Waals surface area contributed by atoms with Crippen LogP contribution in [0.2, 0.25) is 0 Å². The first-order chi connectivity index (χ1) is 18.0. The number of hydrogen-bond donors (Lipinski definition) is 1. The lowest BCUT2D eigenvalue weighted by Gasteiger charge is -2.28. The Balaban J connectivity index is 1.15. The van der Waals surface area contributed by atoms with E-state index in [0.717, 1.165) is 12.8 Å². The van der Waals surface area contributed by atoms with Gasteiger partial charge in [-0.1, -0.05) is 54.6 Å². The number of nitrogens with one attached hydrogen (secondary N) is 1. The molecule has 2 bridgehead atoms. The van der Waals surface area contributed by atoms with E-state index in [2.05, 4.69) is 17.4 Å². The molecule has 1 saturated heterocycles. The van der Waals surface area contributed by atoms with Crippen molar-refractivity contribution in [3.05, 3.63) is 96.1 Å². The molecule has 1 N–H and O–H groups in total. The van der Waals surface area contributed by atoms with Crippen molar-refractivity contribution in [3.63, 3.8) is 0 Å². The number of amides is 3. The van der Waals surface area contributed by atoms with E-state index in [-0.39, 0.29) is 47.0 Å². The molecule has 1 aliphatic heterocycles. The number of fused-ring (bicyclic) bond motifs is 5. The molecule has 3 amide bonds. The molecule has 6 rings (SSSR count). The van der Waals surface area contributed by atoms with E-state index in [1.54, 1.807) is 42.5 Å². The molecule has 186 valence electrons. The molecule has 2 aliphatic carbocycles. The lowest BCUT2D eigenvalue weighted by molar-refractivity contribution is -0.123. The molecular weight excluding hydrogens is 468 g/mol. The summed E-state index contributed by atoms with van der Waals surface area (Å²) in [6, 6.07) is 25.4. The fourth-order valence-corrected chi connectivity index (χ4v) is 6.50. The second-order valence-electron chi connectivity index (χ2n) is 10.0. The van der Waals surface area contributed by atoms with E-state index in [4.69, 9.17) is 4.74 Å². The van der Waals surface area contributed by atoms with Gasteiger partial charge in [0.1, 0.15) is 0 Å². The first-order valence-corrected chi connectivity index (χ1v) is 12.6. The van der Waals surface area contributed by atoms with Gasteiger partial charge in [-0.15, -0.1) is 0 Å². The Labute approximate surface area is 214 Å². The number of imide groups is 1. The zero-order valence-corrected chi connectivity index (χ0v) is 20.1. The molecule has 0 unspecified atom stereocenters. The van der Waals surface area contributed by atoms with Crippen LogP contribution < -0.4 is 10.2 Å². The smallest absolute Gasteiger partial charge is 0.338 e. The van der Waals surface area contributed by atoms with E-state index in [9.17, 15) is 19.2 Å². The predicted molar refractivity (Wildman–Crippen MR) is 137 cm³/mol. The van der Waals surface area contributed by atoms with Crippen molar-refractivity contribution in [1.29, 1.82) is 0 Å². The third-order valence-corrected chi connectivity index (χ3v) is 7.98. The van der Waals surface area contributed by atoms with Gasteiger partial charge in [0, 0.05) is 5.69 Å². The summed E-state index contributed by atoms with van der Waals surface area (Å²) >= 11 is 0. The van der Waals surface area contributed by atoms with Crippen molar-refractivity contribution < 1.29 is 23.9 Å². The summed E-state index contributed by atoms with van der Waals surface area (Å²) in [6.45, 7) is -0.450. The Hall–Kier alpha value is -4.26. The van der Waals surface area contributed by atoms with E-state index < -0.39 is 18.5 Å². The molecule has 3 fully saturated rings. The van der Waals surface area contributed by atoms with Crippen LogP contribution in [-0.4, -0.2) is 30.3 Å². The van der Waals surface area contributed by atoms with Gasteiger partial charge in [0.25, 0.3) is 5.91 Å². The number of carbonyl (C=O) groups is 4. The van der Waals surface area contributed by atoms with Crippen LogP contribution in [0, 0.1) is 23.7 Å². The molecular formula is C30H26N2O5. The van der Waals surface area contributed by atoms with Crippen LogP contribution in [0.15, 0.2) is 84.9 Å². The molecule has 3 aromatic carbocycles. The number of esters is 1.